The molecule has 0 aliphatic carbocycles. The van der Waals surface area contributed by atoms with Crippen molar-refractivity contribution in [3.05, 3.63) is 35.6 Å². The summed E-state index contributed by atoms with van der Waals surface area (Å²) in [7, 11) is 0. The highest BCUT2D eigenvalue weighted by Crippen LogP contribution is 2.31. The molecule has 1 N–H and O–H groups in total. The fourth-order valence-electron chi connectivity index (χ4n) is 2.40. The van der Waals surface area contributed by atoms with Crippen LogP contribution in [0, 0.1) is 11.7 Å². The summed E-state index contributed by atoms with van der Waals surface area (Å²) in [5.41, 5.74) is 0.791. The number of hydrogen-bond acceptors (Lipinski definition) is 3. The molecule has 0 saturated carbocycles. The van der Waals surface area contributed by atoms with Crippen molar-refractivity contribution in [1.29, 1.82) is 0 Å². The van der Waals surface area contributed by atoms with E-state index in [9.17, 15) is 14.0 Å². The Hall–Kier alpha value is -1.91. The first kappa shape index (κ1) is 14.5. The maximum absolute atomic E-state index is 13.0. The van der Waals surface area contributed by atoms with Gasteiger partial charge in [-0.05, 0) is 24.1 Å². The SMILES string of the molecule is CCCOC(=O)[C@H]1CNC(=O)C[C@@H]1c1ccc(F)cc1. The zero-order valence-corrected chi connectivity index (χ0v) is 11.4. The van der Waals surface area contributed by atoms with Crippen molar-refractivity contribution in [3.63, 3.8) is 0 Å². The molecule has 1 fully saturated rings. The standard InChI is InChI=1S/C15H18FNO3/c1-2-7-20-15(19)13-9-17-14(18)8-12(13)10-3-5-11(16)6-4-10/h3-6,12-13H,2,7-9H2,1H3,(H,17,18)/t12-,13+/m1/s1. The minimum Gasteiger partial charge on any atom is -0.465 e. The summed E-state index contributed by atoms with van der Waals surface area (Å²) < 4.78 is 18.2. The molecule has 0 unspecified atom stereocenters. The molecule has 1 aromatic carbocycles. The van der Waals surface area contributed by atoms with Crippen molar-refractivity contribution in [3.8, 4) is 0 Å². The first-order valence-corrected chi connectivity index (χ1v) is 6.80. The lowest BCUT2D eigenvalue weighted by atomic mass is 9.81. The second kappa shape index (κ2) is 6.50. The van der Waals surface area contributed by atoms with Gasteiger partial charge >= 0.3 is 5.97 Å². The molecule has 5 heteroatoms. The van der Waals surface area contributed by atoms with Crippen LogP contribution in [0.25, 0.3) is 0 Å². The third-order valence-corrected chi connectivity index (χ3v) is 3.46. The smallest absolute Gasteiger partial charge is 0.311 e. The number of halogens is 1. The molecule has 0 aromatic heterocycles. The number of benzene rings is 1. The number of rotatable bonds is 4. The van der Waals surface area contributed by atoms with E-state index in [0.717, 1.165) is 12.0 Å². The van der Waals surface area contributed by atoms with Crippen LogP contribution >= 0.6 is 0 Å². The van der Waals surface area contributed by atoms with Gasteiger partial charge < -0.3 is 10.1 Å². The topological polar surface area (TPSA) is 55.4 Å². The third kappa shape index (κ3) is 3.35. The molecule has 2 atom stereocenters. The highest BCUT2D eigenvalue weighted by Gasteiger charge is 2.36. The highest BCUT2D eigenvalue weighted by atomic mass is 19.1. The Bertz CT molecular complexity index is 486. The van der Waals surface area contributed by atoms with Crippen molar-refractivity contribution in [2.24, 2.45) is 5.92 Å². The molecular formula is C15H18FNO3. The summed E-state index contributed by atoms with van der Waals surface area (Å²) in [5.74, 6) is -1.41. The van der Waals surface area contributed by atoms with E-state index in [1.54, 1.807) is 12.1 Å². The van der Waals surface area contributed by atoms with Gasteiger partial charge in [0.05, 0.1) is 12.5 Å². The van der Waals surface area contributed by atoms with Crippen LogP contribution in [0.1, 0.15) is 31.2 Å². The molecule has 1 amide bonds. The average molecular weight is 279 g/mol. The number of ether oxygens (including phenoxy) is 1. The lowest BCUT2D eigenvalue weighted by Gasteiger charge is -2.30. The minimum absolute atomic E-state index is 0.0983. The summed E-state index contributed by atoms with van der Waals surface area (Å²) in [4.78, 5) is 23.6. The molecule has 1 heterocycles. The Labute approximate surface area is 117 Å². The van der Waals surface area contributed by atoms with Crippen molar-refractivity contribution in [2.45, 2.75) is 25.7 Å². The van der Waals surface area contributed by atoms with Crippen LogP contribution in [-0.2, 0) is 14.3 Å². The van der Waals surface area contributed by atoms with Crippen LogP contribution in [0.3, 0.4) is 0 Å². The van der Waals surface area contributed by atoms with Gasteiger partial charge in [0.1, 0.15) is 5.82 Å². The highest BCUT2D eigenvalue weighted by molar-refractivity contribution is 5.83. The maximum atomic E-state index is 13.0. The van der Waals surface area contributed by atoms with E-state index in [0.29, 0.717) is 6.61 Å². The predicted molar refractivity (Wildman–Crippen MR) is 71.5 cm³/mol. The van der Waals surface area contributed by atoms with Gasteiger partial charge in [-0.2, -0.15) is 0 Å². The third-order valence-electron chi connectivity index (χ3n) is 3.46. The van der Waals surface area contributed by atoms with E-state index < -0.39 is 5.92 Å². The molecule has 20 heavy (non-hydrogen) atoms. The lowest BCUT2D eigenvalue weighted by Crippen LogP contribution is -2.43. The number of carbonyl (C=O) groups excluding carboxylic acids is 2. The summed E-state index contributed by atoms with van der Waals surface area (Å²) in [6.07, 6.45) is 0.976. The van der Waals surface area contributed by atoms with E-state index in [1.165, 1.54) is 12.1 Å². The van der Waals surface area contributed by atoms with Gasteiger partial charge in [0.15, 0.2) is 0 Å². The number of piperidine rings is 1. The zero-order chi connectivity index (χ0) is 14.5. The van der Waals surface area contributed by atoms with E-state index in [1.807, 2.05) is 6.92 Å². The van der Waals surface area contributed by atoms with Crippen LogP contribution in [0.15, 0.2) is 24.3 Å². The maximum Gasteiger partial charge on any atom is 0.311 e. The Morgan fingerprint density at radius 3 is 2.75 bits per heavy atom. The molecule has 0 bridgehead atoms. The van der Waals surface area contributed by atoms with Crippen molar-refractivity contribution in [2.75, 3.05) is 13.2 Å². The Morgan fingerprint density at radius 2 is 2.10 bits per heavy atom. The number of hydrogen-bond donors (Lipinski definition) is 1. The van der Waals surface area contributed by atoms with Gasteiger partial charge in [-0.15, -0.1) is 0 Å². The van der Waals surface area contributed by atoms with Gasteiger partial charge in [-0.1, -0.05) is 19.1 Å². The fourth-order valence-corrected chi connectivity index (χ4v) is 2.40. The molecule has 2 rings (SSSR count). The fraction of sp³-hybridized carbons (Fsp3) is 0.467. The van der Waals surface area contributed by atoms with Gasteiger partial charge in [-0.3, -0.25) is 9.59 Å². The lowest BCUT2D eigenvalue weighted by molar-refractivity contribution is -0.150. The van der Waals surface area contributed by atoms with Crippen LogP contribution in [0.2, 0.25) is 0 Å². The number of amides is 1. The van der Waals surface area contributed by atoms with Crippen LogP contribution in [-0.4, -0.2) is 25.0 Å². The summed E-state index contributed by atoms with van der Waals surface area (Å²) in [5, 5.41) is 2.69. The second-order valence-electron chi connectivity index (χ2n) is 4.94. The van der Waals surface area contributed by atoms with Gasteiger partial charge in [0.2, 0.25) is 5.91 Å². The quantitative estimate of drug-likeness (QED) is 0.858. The molecule has 4 nitrogen and oxygen atoms in total. The average Bonchev–Trinajstić information content (AvgIpc) is 2.45. The molecule has 1 saturated heterocycles. The minimum atomic E-state index is -0.412. The van der Waals surface area contributed by atoms with E-state index >= 15 is 0 Å². The predicted octanol–water partition coefficient (Wildman–Crippen LogP) is 2.00. The normalized spacial score (nSPS) is 22.2. The van der Waals surface area contributed by atoms with E-state index in [2.05, 4.69) is 5.32 Å². The molecule has 0 spiro atoms. The molecule has 1 aliphatic heterocycles. The monoisotopic (exact) mass is 279 g/mol. The molecule has 1 aliphatic rings. The van der Waals surface area contributed by atoms with Crippen molar-refractivity contribution >= 4 is 11.9 Å². The van der Waals surface area contributed by atoms with E-state index in [-0.39, 0.29) is 36.6 Å². The van der Waals surface area contributed by atoms with Crippen molar-refractivity contribution in [1.82, 2.24) is 5.32 Å². The van der Waals surface area contributed by atoms with E-state index in [4.69, 9.17) is 4.74 Å². The first-order chi connectivity index (χ1) is 9.61. The van der Waals surface area contributed by atoms with Gasteiger partial charge in [0, 0.05) is 18.9 Å². The van der Waals surface area contributed by atoms with Crippen molar-refractivity contribution < 1.29 is 18.7 Å². The molecule has 0 radical (unpaired) electrons. The number of esters is 1. The Morgan fingerprint density at radius 1 is 1.40 bits per heavy atom. The number of nitrogens with one attached hydrogen (secondary N) is 1. The molecular weight excluding hydrogens is 261 g/mol. The molecule has 108 valence electrons. The van der Waals surface area contributed by atoms with Crippen LogP contribution < -0.4 is 5.32 Å². The second-order valence-corrected chi connectivity index (χ2v) is 4.94. The van der Waals surface area contributed by atoms with Gasteiger partial charge in [-0.25, -0.2) is 4.39 Å². The van der Waals surface area contributed by atoms with Crippen LogP contribution in [0.4, 0.5) is 4.39 Å². The first-order valence-electron chi connectivity index (χ1n) is 6.80. The summed E-state index contributed by atoms with van der Waals surface area (Å²) in [6, 6.07) is 5.93. The summed E-state index contributed by atoms with van der Waals surface area (Å²) in [6.45, 7) is 2.57. The van der Waals surface area contributed by atoms with Gasteiger partial charge in [0.25, 0.3) is 0 Å². The zero-order valence-electron chi connectivity index (χ0n) is 11.4. The largest absolute Gasteiger partial charge is 0.465 e. The summed E-state index contributed by atoms with van der Waals surface area (Å²) >= 11 is 0. The Balaban J connectivity index is 2.17. The van der Waals surface area contributed by atoms with Crippen LogP contribution in [0.5, 0.6) is 0 Å². The molecule has 1 aromatic rings. The Kier molecular flexibility index (Phi) is 4.71. The number of carbonyl (C=O) groups is 2.